The van der Waals surface area contributed by atoms with Crippen LogP contribution in [-0.2, 0) is 32.2 Å². The summed E-state index contributed by atoms with van der Waals surface area (Å²) in [6.45, 7) is 1.98. The number of alkyl halides is 6. The van der Waals surface area contributed by atoms with Crippen molar-refractivity contribution in [2.75, 3.05) is 38.0 Å². The third kappa shape index (κ3) is 13.1. The third-order valence-corrected chi connectivity index (χ3v) is 10.0. The number of carbonyl (C=O) groups is 4. The monoisotopic (exact) mass is 896 g/mol. The van der Waals surface area contributed by atoms with Crippen LogP contribution in [-0.4, -0.2) is 85.1 Å². The van der Waals surface area contributed by atoms with Crippen molar-refractivity contribution in [1.82, 2.24) is 25.8 Å². The van der Waals surface area contributed by atoms with Crippen LogP contribution in [0.5, 0.6) is 5.75 Å². The summed E-state index contributed by atoms with van der Waals surface area (Å²) < 4.78 is 93.6. The van der Waals surface area contributed by atoms with Crippen molar-refractivity contribution in [3.63, 3.8) is 0 Å². The van der Waals surface area contributed by atoms with Crippen molar-refractivity contribution >= 4 is 40.7 Å². The number of rotatable bonds is 15. The number of esters is 2. The minimum absolute atomic E-state index is 0.0325. The van der Waals surface area contributed by atoms with E-state index in [9.17, 15) is 50.3 Å². The molecule has 5 N–H and O–H groups in total. The van der Waals surface area contributed by atoms with Gasteiger partial charge in [-0.15, -0.1) is 0 Å². The summed E-state index contributed by atoms with van der Waals surface area (Å²) in [6.07, 6.45) is -12.0. The van der Waals surface area contributed by atoms with Crippen molar-refractivity contribution in [2.45, 2.75) is 50.5 Å². The number of likely N-dealkylation sites (tertiary alicyclic amines) is 1. The van der Waals surface area contributed by atoms with Gasteiger partial charge in [0.15, 0.2) is 5.75 Å². The number of urea groups is 1. The molecule has 1 atom stereocenters. The smallest absolute Gasteiger partial charge is 0.449 e. The number of hydrogen-bond donors (Lipinski definition) is 5. The van der Waals surface area contributed by atoms with E-state index in [-0.39, 0.29) is 30.1 Å². The van der Waals surface area contributed by atoms with E-state index in [0.29, 0.717) is 55.8 Å². The molecule has 20 heteroatoms. The normalized spacial score (nSPS) is 14.0. The molecular weight excluding hydrogens is 855 g/mol. The molecule has 1 aromatic heterocycles. The SMILES string of the molecule is O=C(NCCN1CCC(OC(=O)Nc2ccccc2-c2ccccc2)CC1)NCc1cccc(CNC[C@H](OC(=O)C(F)(F)F)c2ccc(OC(=O)C(F)(F)F)c3[nH]c(=O)ccc23)c1. The summed E-state index contributed by atoms with van der Waals surface area (Å²) in [6, 6.07) is 27.5. The zero-order valence-corrected chi connectivity index (χ0v) is 33.8. The summed E-state index contributed by atoms with van der Waals surface area (Å²) in [5.41, 5.74) is 2.39. The number of para-hydroxylation sites is 1. The van der Waals surface area contributed by atoms with E-state index in [4.69, 9.17) is 9.47 Å². The number of fused-ring (bicyclic) bond motifs is 1. The van der Waals surface area contributed by atoms with E-state index in [1.807, 2.05) is 54.6 Å². The van der Waals surface area contributed by atoms with Gasteiger partial charge in [0, 0.05) is 68.4 Å². The minimum Gasteiger partial charge on any atom is -0.449 e. The second kappa shape index (κ2) is 21.0. The lowest BCUT2D eigenvalue weighted by atomic mass is 10.0. The van der Waals surface area contributed by atoms with Gasteiger partial charge in [-0.25, -0.2) is 19.2 Å². The molecule has 14 nitrogen and oxygen atoms in total. The number of halogens is 6. The summed E-state index contributed by atoms with van der Waals surface area (Å²) in [7, 11) is 0. The first-order valence-electron chi connectivity index (χ1n) is 19.9. The average Bonchev–Trinajstić information content (AvgIpc) is 3.26. The van der Waals surface area contributed by atoms with Gasteiger partial charge in [-0.3, -0.25) is 10.1 Å². The third-order valence-electron chi connectivity index (χ3n) is 10.0. The number of H-pyrrole nitrogens is 1. The molecule has 0 aliphatic carbocycles. The molecule has 4 aromatic carbocycles. The summed E-state index contributed by atoms with van der Waals surface area (Å²) in [4.78, 5) is 65.3. The number of nitrogens with zero attached hydrogens (tertiary/aromatic N) is 1. The van der Waals surface area contributed by atoms with Crippen LogP contribution < -0.4 is 31.6 Å². The Kier molecular flexibility index (Phi) is 15.3. The van der Waals surface area contributed by atoms with Crippen LogP contribution in [0, 0.1) is 0 Å². The molecule has 0 saturated carbocycles. The number of amides is 3. The molecule has 1 fully saturated rings. The number of carbonyl (C=O) groups excluding carboxylic acids is 4. The van der Waals surface area contributed by atoms with Crippen molar-refractivity contribution in [3.8, 4) is 16.9 Å². The predicted molar refractivity (Wildman–Crippen MR) is 221 cm³/mol. The van der Waals surface area contributed by atoms with Gasteiger partial charge < -0.3 is 40.0 Å². The second-order valence-electron chi connectivity index (χ2n) is 14.6. The van der Waals surface area contributed by atoms with Crippen molar-refractivity contribution in [3.05, 3.63) is 130 Å². The number of pyridine rings is 1. The molecule has 0 bridgehead atoms. The van der Waals surface area contributed by atoms with Gasteiger partial charge in [0.25, 0.3) is 0 Å². The van der Waals surface area contributed by atoms with Gasteiger partial charge in [-0.2, -0.15) is 26.3 Å². The van der Waals surface area contributed by atoms with E-state index >= 15 is 0 Å². The highest BCUT2D eigenvalue weighted by molar-refractivity contribution is 5.92. The molecule has 1 aliphatic heterocycles. The maximum absolute atomic E-state index is 13.3. The lowest BCUT2D eigenvalue weighted by Crippen LogP contribution is -2.44. The lowest BCUT2D eigenvalue weighted by molar-refractivity contribution is -0.205. The molecule has 6 rings (SSSR count). The molecule has 5 aromatic rings. The van der Waals surface area contributed by atoms with Gasteiger partial charge in [-0.1, -0.05) is 78.9 Å². The summed E-state index contributed by atoms with van der Waals surface area (Å²) >= 11 is 0. The maximum atomic E-state index is 13.3. The topological polar surface area (TPSA) is 180 Å². The Morgan fingerprint density at radius 2 is 1.45 bits per heavy atom. The van der Waals surface area contributed by atoms with Crippen LogP contribution in [0.1, 0.15) is 35.6 Å². The van der Waals surface area contributed by atoms with Crippen molar-refractivity contribution in [1.29, 1.82) is 0 Å². The first-order valence-corrected chi connectivity index (χ1v) is 19.9. The summed E-state index contributed by atoms with van der Waals surface area (Å²) in [5.74, 6) is -5.89. The number of aromatic nitrogens is 1. The predicted octanol–water partition coefficient (Wildman–Crippen LogP) is 7.11. The van der Waals surface area contributed by atoms with E-state index < -0.39 is 65.9 Å². The van der Waals surface area contributed by atoms with Crippen molar-refractivity contribution < 1.29 is 59.7 Å². The Bertz CT molecular complexity index is 2490. The van der Waals surface area contributed by atoms with Crippen LogP contribution in [0.3, 0.4) is 0 Å². The number of anilines is 1. The molecule has 338 valence electrons. The fraction of sp³-hybridized carbons (Fsp3) is 0.295. The van der Waals surface area contributed by atoms with E-state index in [2.05, 4.69) is 35.9 Å². The van der Waals surface area contributed by atoms with E-state index in [0.717, 1.165) is 35.4 Å². The Balaban J connectivity index is 0.952. The van der Waals surface area contributed by atoms with E-state index in [1.165, 1.54) is 0 Å². The Morgan fingerprint density at radius 1 is 0.766 bits per heavy atom. The molecule has 1 aliphatic rings. The quantitative estimate of drug-likeness (QED) is 0.0413. The number of aromatic amines is 1. The highest BCUT2D eigenvalue weighted by atomic mass is 19.4. The standard InChI is InChI=1S/C44H42F6N6O8/c45-43(46,47)39(58)63-35-15-13-32(33-14-16-37(57)55-38(33)35)36(64-40(59)44(48,49)50)26-51-24-27-7-6-8-28(23-27)25-53-41(60)52-19-22-56-20-17-30(18-21-56)62-42(61)54-34-12-5-4-11-31(34)29-9-2-1-3-10-29/h1-16,23,30,36,51H,17-22,24-26H2,(H,54,61)(H,55,57)(H2,52,53,60)/t36-/m0/s1. The van der Waals surface area contributed by atoms with E-state index in [1.54, 1.807) is 24.3 Å². The minimum atomic E-state index is -5.40. The van der Waals surface area contributed by atoms with Crippen molar-refractivity contribution in [2.24, 2.45) is 0 Å². The zero-order valence-electron chi connectivity index (χ0n) is 33.8. The molecule has 64 heavy (non-hydrogen) atoms. The zero-order chi connectivity index (χ0) is 45.9. The second-order valence-corrected chi connectivity index (χ2v) is 14.6. The highest BCUT2D eigenvalue weighted by Crippen LogP contribution is 2.34. The number of hydrogen-bond acceptors (Lipinski definition) is 10. The molecule has 2 heterocycles. The molecule has 0 radical (unpaired) electrons. The number of piperidine rings is 1. The number of benzene rings is 4. The maximum Gasteiger partial charge on any atom is 0.491 e. The first-order chi connectivity index (χ1) is 30.5. The summed E-state index contributed by atoms with van der Waals surface area (Å²) in [5, 5.41) is 11.2. The van der Waals surface area contributed by atoms with Gasteiger partial charge in [0.1, 0.15) is 12.2 Å². The fourth-order valence-electron chi connectivity index (χ4n) is 6.96. The number of nitrogens with one attached hydrogen (secondary N) is 5. The Labute approximate surface area is 361 Å². The van der Waals surface area contributed by atoms with Crippen LogP contribution in [0.25, 0.3) is 22.0 Å². The average molecular weight is 897 g/mol. The molecule has 3 amide bonds. The molecule has 1 saturated heterocycles. The number of ether oxygens (including phenoxy) is 3. The highest BCUT2D eigenvalue weighted by Gasteiger charge is 2.43. The van der Waals surface area contributed by atoms with Gasteiger partial charge in [0.2, 0.25) is 5.56 Å². The van der Waals surface area contributed by atoms with Crippen LogP contribution >= 0.6 is 0 Å². The van der Waals surface area contributed by atoms with Gasteiger partial charge in [0.05, 0.1) is 11.2 Å². The Morgan fingerprint density at radius 3 is 2.17 bits per heavy atom. The van der Waals surface area contributed by atoms with Crippen LogP contribution in [0.4, 0.5) is 41.6 Å². The van der Waals surface area contributed by atoms with Gasteiger partial charge >= 0.3 is 36.4 Å². The van der Waals surface area contributed by atoms with Crippen LogP contribution in [0.2, 0.25) is 0 Å². The Hall–Kier alpha value is -6.93. The molecule has 0 unspecified atom stereocenters. The van der Waals surface area contributed by atoms with Gasteiger partial charge in [-0.05, 0) is 47.7 Å². The molecular formula is C44H42F6N6O8. The first kappa shape index (κ1) is 46.6. The largest absolute Gasteiger partial charge is 0.491 e. The molecule has 0 spiro atoms. The lowest BCUT2D eigenvalue weighted by Gasteiger charge is -2.31. The van der Waals surface area contributed by atoms with Crippen LogP contribution in [0.15, 0.2) is 108 Å². The fourth-order valence-corrected chi connectivity index (χ4v) is 6.96.